The average Bonchev–Trinajstić information content (AvgIpc) is 3.18. The Morgan fingerprint density at radius 3 is 2.61 bits per heavy atom. The van der Waals surface area contributed by atoms with E-state index in [1.807, 2.05) is 6.92 Å². The third-order valence-corrected chi connectivity index (χ3v) is 9.29. The molecule has 2 bridgehead atoms. The topological polar surface area (TPSA) is 123 Å². The standard InChI is InChI=1S/C24H29F2N5O6S/c1-4-29-11-13(2)31-19-18(21(32)20(31)24(29)34)23(33)30-12-14-9-15(25)16(26)10-17(14)37-7-5-6-8-38(35,36)28(3)22(19)27-30/h9-10,13,18-19,32H,4-8,11-12H2,1-3H3/t13-,18?,19?/m0/s1. The Morgan fingerprint density at radius 1 is 1.18 bits per heavy atom. The molecule has 4 aliphatic rings. The van der Waals surface area contributed by atoms with E-state index in [4.69, 9.17) is 4.74 Å². The molecule has 11 nitrogen and oxygen atoms in total. The third kappa shape index (κ3) is 4.05. The monoisotopic (exact) mass is 553 g/mol. The van der Waals surface area contributed by atoms with Crippen molar-refractivity contribution in [3.63, 3.8) is 0 Å². The van der Waals surface area contributed by atoms with E-state index < -0.39 is 51.2 Å². The summed E-state index contributed by atoms with van der Waals surface area (Å²) in [5.74, 6) is -5.55. The van der Waals surface area contributed by atoms with E-state index in [0.717, 1.165) is 21.4 Å². The zero-order chi connectivity index (χ0) is 27.5. The number of amidine groups is 1. The molecule has 0 aliphatic carbocycles. The number of hydrazone groups is 1. The van der Waals surface area contributed by atoms with Crippen LogP contribution in [0.4, 0.5) is 8.78 Å². The van der Waals surface area contributed by atoms with Crippen LogP contribution in [0.15, 0.2) is 28.7 Å². The van der Waals surface area contributed by atoms with E-state index in [9.17, 15) is 31.9 Å². The molecule has 1 N–H and O–H groups in total. The van der Waals surface area contributed by atoms with Crippen molar-refractivity contribution in [2.75, 3.05) is 32.5 Å². The van der Waals surface area contributed by atoms with Crippen LogP contribution in [0.1, 0.15) is 32.3 Å². The van der Waals surface area contributed by atoms with Crippen LogP contribution in [0.3, 0.4) is 0 Å². The number of carbonyl (C=O) groups excluding carboxylic acids is 2. The maximum Gasteiger partial charge on any atom is 0.273 e. The molecule has 1 fully saturated rings. The Bertz CT molecular complexity index is 1370. The number of hydrogen-bond donors (Lipinski definition) is 1. The first-order chi connectivity index (χ1) is 18.0. The van der Waals surface area contributed by atoms with Crippen LogP contribution in [-0.4, -0.2) is 94.9 Å². The Labute approximate surface area is 219 Å². The molecule has 1 saturated heterocycles. The van der Waals surface area contributed by atoms with Crippen LogP contribution < -0.4 is 4.74 Å². The predicted octanol–water partition coefficient (Wildman–Crippen LogP) is 1.38. The van der Waals surface area contributed by atoms with E-state index >= 15 is 0 Å². The van der Waals surface area contributed by atoms with Gasteiger partial charge >= 0.3 is 0 Å². The van der Waals surface area contributed by atoms with Crippen molar-refractivity contribution in [1.29, 1.82) is 0 Å². The minimum atomic E-state index is -3.92. The summed E-state index contributed by atoms with van der Waals surface area (Å²) in [5.41, 5.74) is 0.0558. The molecule has 1 aromatic carbocycles. The number of carbonyl (C=O) groups is 2. The number of likely N-dealkylation sites (N-methyl/N-ethyl adjacent to an activating group) is 2. The number of aliphatic hydroxyl groups is 1. The van der Waals surface area contributed by atoms with Crippen molar-refractivity contribution in [1.82, 2.24) is 19.1 Å². The number of ether oxygens (including phenoxy) is 1. The number of piperazine rings is 1. The van der Waals surface area contributed by atoms with Crippen LogP contribution >= 0.6 is 0 Å². The zero-order valence-electron chi connectivity index (χ0n) is 21.2. The number of fused-ring (bicyclic) bond motifs is 6. The number of aliphatic hydroxyl groups excluding tert-OH is 1. The molecule has 4 heterocycles. The third-order valence-electron chi connectivity index (χ3n) is 7.47. The first-order valence-electron chi connectivity index (χ1n) is 12.4. The Balaban J connectivity index is 1.67. The first kappa shape index (κ1) is 26.2. The molecule has 0 saturated carbocycles. The minimum absolute atomic E-state index is 0.000150. The highest BCUT2D eigenvalue weighted by Gasteiger charge is 2.58. The van der Waals surface area contributed by atoms with Gasteiger partial charge in [-0.25, -0.2) is 22.2 Å². The molecule has 2 unspecified atom stereocenters. The number of amides is 2. The number of benzene rings is 1. The maximum absolute atomic E-state index is 14.2. The van der Waals surface area contributed by atoms with E-state index in [2.05, 4.69) is 5.10 Å². The lowest BCUT2D eigenvalue weighted by Crippen LogP contribution is -2.62. The highest BCUT2D eigenvalue weighted by Crippen LogP contribution is 2.43. The van der Waals surface area contributed by atoms with Gasteiger partial charge in [-0.1, -0.05) is 0 Å². The fourth-order valence-corrected chi connectivity index (χ4v) is 6.75. The quantitative estimate of drug-likeness (QED) is 0.557. The Kier molecular flexibility index (Phi) is 6.48. The number of rotatable bonds is 1. The summed E-state index contributed by atoms with van der Waals surface area (Å²) in [4.78, 5) is 30.1. The van der Waals surface area contributed by atoms with Gasteiger partial charge in [0.2, 0.25) is 10.0 Å². The van der Waals surface area contributed by atoms with Crippen LogP contribution in [0.25, 0.3) is 0 Å². The highest BCUT2D eigenvalue weighted by molar-refractivity contribution is 7.89. The second-order valence-corrected chi connectivity index (χ2v) is 11.9. The van der Waals surface area contributed by atoms with Gasteiger partial charge in [-0.3, -0.25) is 13.9 Å². The van der Waals surface area contributed by atoms with Crippen molar-refractivity contribution in [2.45, 2.75) is 45.3 Å². The zero-order valence-corrected chi connectivity index (χ0v) is 22.0. The SMILES string of the molecule is CCN1C[C@H](C)N2C(=C(O)C3C(=O)N4Cc5cc(F)c(F)cc5OCCCCS(=O)(=O)N(C)C(=N4)C32)C1=O. The summed E-state index contributed by atoms with van der Waals surface area (Å²) in [5, 5.41) is 16.6. The van der Waals surface area contributed by atoms with Crippen molar-refractivity contribution in [3.05, 3.63) is 40.8 Å². The molecular formula is C24H29F2N5O6S. The fourth-order valence-electron chi connectivity index (χ4n) is 5.47. The van der Waals surface area contributed by atoms with Gasteiger partial charge in [0.1, 0.15) is 29.2 Å². The Hall–Kier alpha value is -3.42. The lowest BCUT2D eigenvalue weighted by molar-refractivity contribution is -0.139. The second kappa shape index (κ2) is 9.40. The van der Waals surface area contributed by atoms with E-state index in [1.165, 1.54) is 7.05 Å². The molecule has 14 heteroatoms. The van der Waals surface area contributed by atoms with Crippen molar-refractivity contribution in [2.24, 2.45) is 11.0 Å². The summed E-state index contributed by atoms with van der Waals surface area (Å²) < 4.78 is 61.4. The number of halogens is 2. The summed E-state index contributed by atoms with van der Waals surface area (Å²) in [6.07, 6.45) is 0.540. The molecule has 38 heavy (non-hydrogen) atoms. The lowest BCUT2D eigenvalue weighted by atomic mass is 9.95. The lowest BCUT2D eigenvalue weighted by Gasteiger charge is -2.45. The summed E-state index contributed by atoms with van der Waals surface area (Å²) in [7, 11) is -2.60. The Morgan fingerprint density at radius 2 is 1.89 bits per heavy atom. The van der Waals surface area contributed by atoms with Gasteiger partial charge in [-0.05, 0) is 32.8 Å². The van der Waals surface area contributed by atoms with E-state index in [-0.39, 0.29) is 54.2 Å². The van der Waals surface area contributed by atoms with Crippen LogP contribution in [0, 0.1) is 17.6 Å². The molecule has 5 rings (SSSR count). The van der Waals surface area contributed by atoms with Gasteiger partial charge in [0.25, 0.3) is 11.8 Å². The molecule has 206 valence electrons. The van der Waals surface area contributed by atoms with Gasteiger partial charge in [0.05, 0.1) is 18.9 Å². The van der Waals surface area contributed by atoms with Gasteiger partial charge in [0.15, 0.2) is 17.5 Å². The van der Waals surface area contributed by atoms with Crippen LogP contribution in [0.5, 0.6) is 5.75 Å². The first-order valence-corrected chi connectivity index (χ1v) is 14.0. The summed E-state index contributed by atoms with van der Waals surface area (Å²) in [6, 6.07) is 0.385. The normalized spacial score (nSPS) is 27.5. The number of hydrogen-bond acceptors (Lipinski definition) is 8. The van der Waals surface area contributed by atoms with Gasteiger partial charge in [-0.15, -0.1) is 0 Å². The smallest absolute Gasteiger partial charge is 0.273 e. The highest BCUT2D eigenvalue weighted by atomic mass is 32.2. The largest absolute Gasteiger partial charge is 0.509 e. The predicted molar refractivity (Wildman–Crippen MR) is 131 cm³/mol. The molecule has 0 aromatic heterocycles. The molecule has 4 aliphatic heterocycles. The van der Waals surface area contributed by atoms with Crippen LogP contribution in [0.2, 0.25) is 0 Å². The average molecular weight is 554 g/mol. The number of sulfonamides is 1. The maximum atomic E-state index is 14.2. The molecular weight excluding hydrogens is 524 g/mol. The van der Waals surface area contributed by atoms with Gasteiger partial charge < -0.3 is 19.6 Å². The summed E-state index contributed by atoms with van der Waals surface area (Å²) >= 11 is 0. The van der Waals surface area contributed by atoms with E-state index in [0.29, 0.717) is 19.5 Å². The summed E-state index contributed by atoms with van der Waals surface area (Å²) in [6.45, 7) is 3.99. The van der Waals surface area contributed by atoms with Gasteiger partial charge in [-0.2, -0.15) is 5.10 Å². The molecule has 1 aromatic rings. The van der Waals surface area contributed by atoms with Crippen molar-refractivity contribution >= 4 is 27.7 Å². The van der Waals surface area contributed by atoms with Gasteiger partial charge in [0, 0.05) is 37.8 Å². The van der Waals surface area contributed by atoms with Crippen molar-refractivity contribution < 1.29 is 36.6 Å². The molecule has 0 radical (unpaired) electrons. The molecule has 3 atom stereocenters. The van der Waals surface area contributed by atoms with Crippen molar-refractivity contribution in [3.8, 4) is 5.75 Å². The van der Waals surface area contributed by atoms with E-state index in [1.54, 1.807) is 16.7 Å². The fraction of sp³-hybridized carbons (Fsp3) is 0.542. The molecule has 2 amide bonds. The minimum Gasteiger partial charge on any atom is -0.509 e. The second-order valence-electron chi connectivity index (χ2n) is 9.82. The number of nitrogens with zero attached hydrogens (tertiary/aromatic N) is 5. The van der Waals surface area contributed by atoms with Crippen LogP contribution in [-0.2, 0) is 26.2 Å². The molecule has 0 spiro atoms.